The van der Waals surface area contributed by atoms with E-state index in [0.717, 1.165) is 0 Å². The summed E-state index contributed by atoms with van der Waals surface area (Å²) < 4.78 is 6.19. The zero-order valence-electron chi connectivity index (χ0n) is 7.23. The lowest BCUT2D eigenvalue weighted by atomic mass is 10.4. The van der Waals surface area contributed by atoms with Gasteiger partial charge < -0.3 is 9.59 Å². The molecular weight excluding hydrogens is 128 g/mol. The molecule has 0 heterocycles. The Kier molecular flexibility index (Phi) is 19.0. The van der Waals surface area contributed by atoms with Gasteiger partial charge in [-0.25, -0.2) is 0 Å². The molecule has 0 fully saturated rings. The highest BCUT2D eigenvalue weighted by atomic mass is 16.1. The first-order chi connectivity index (χ1) is 4.54. The van der Waals surface area contributed by atoms with Crippen molar-refractivity contribution in [3.05, 3.63) is 0 Å². The molecule has 0 aliphatic rings. The number of carbonyl (C=O) groups is 2. The number of hydrogen-bond acceptors (Lipinski definition) is 2. The highest BCUT2D eigenvalue weighted by Gasteiger charge is 1.76. The Morgan fingerprint density at radius 2 is 1.90 bits per heavy atom. The van der Waals surface area contributed by atoms with Crippen molar-refractivity contribution in [3.63, 3.8) is 0 Å². The van der Waals surface area contributed by atoms with Gasteiger partial charge >= 0.3 is 0 Å². The predicted molar refractivity (Wildman–Crippen MR) is 46.2 cm³/mol. The average Bonchev–Trinajstić information content (AvgIpc) is 1.89. The minimum Gasteiger partial charge on any atom is -0.303 e. The molecule has 0 radical (unpaired) electrons. The molecule has 64 valence electrons. The summed E-state index contributed by atoms with van der Waals surface area (Å²) in [6.07, 6.45) is 0.505. The summed E-state index contributed by atoms with van der Waals surface area (Å²) in [4.78, 5) is 19.3. The van der Waals surface area contributed by atoms with Crippen LogP contribution >= 0.6 is 0 Å². The van der Waals surface area contributed by atoms with Gasteiger partial charge in [0, 0.05) is 14.3 Å². The molecule has 0 N–H and O–H groups in total. The predicted octanol–water partition coefficient (Wildman–Crippen LogP) is 2.46. The van der Waals surface area contributed by atoms with Crippen molar-refractivity contribution in [1.82, 2.24) is 0 Å². The van der Waals surface area contributed by atoms with Gasteiger partial charge in [-0.15, -0.1) is 0 Å². The number of hydrogen-bond donors (Lipinski definition) is 0. The van der Waals surface area contributed by atoms with Gasteiger partial charge in [0.05, 0.1) is 0 Å². The Morgan fingerprint density at radius 1 is 1.70 bits per heavy atom. The Morgan fingerprint density at radius 3 is 1.90 bits per heavy atom. The molecular formula is C8H20O2. The van der Waals surface area contributed by atoms with Crippen molar-refractivity contribution < 1.29 is 12.4 Å². The molecule has 0 atom stereocenters. The summed E-state index contributed by atoms with van der Waals surface area (Å²) in [7, 11) is 0. The topological polar surface area (TPSA) is 34.1 Å². The summed E-state index contributed by atoms with van der Waals surface area (Å²) in [6, 6.07) is 0. The number of carbonyl (C=O) groups excluding carboxylic acids is 2. The molecule has 0 unspecified atom stereocenters. The fourth-order valence-electron chi connectivity index (χ4n) is 0. The third-order valence-electron chi connectivity index (χ3n) is 0.642. The van der Waals surface area contributed by atoms with E-state index in [4.69, 9.17) is 1.37 Å². The van der Waals surface area contributed by atoms with Crippen LogP contribution in [0.2, 0.25) is 0 Å². The second-order valence-corrected chi connectivity index (χ2v) is 1.55. The van der Waals surface area contributed by atoms with E-state index in [2.05, 4.69) is 0 Å². The van der Waals surface area contributed by atoms with Crippen molar-refractivity contribution in [1.29, 1.82) is 0 Å². The van der Waals surface area contributed by atoms with E-state index in [1.54, 1.807) is 13.8 Å². The molecule has 10 heavy (non-hydrogen) atoms. The van der Waals surface area contributed by atoms with Crippen LogP contribution in [0.3, 0.4) is 0 Å². The Balaban J connectivity index is -0.0000000457. The molecule has 0 aliphatic heterocycles. The molecule has 0 rings (SSSR count). The van der Waals surface area contributed by atoms with E-state index < -0.39 is 6.26 Å². The van der Waals surface area contributed by atoms with Crippen molar-refractivity contribution in [2.45, 2.75) is 41.0 Å². The van der Waals surface area contributed by atoms with E-state index in [1.165, 1.54) is 0 Å². The molecule has 0 aliphatic carbocycles. The second-order valence-electron chi connectivity index (χ2n) is 1.55. The fourth-order valence-corrected chi connectivity index (χ4v) is 0. The highest BCUT2D eigenvalue weighted by Crippen LogP contribution is 1.71. The lowest BCUT2D eigenvalue weighted by Crippen LogP contribution is -1.80. The molecule has 0 saturated heterocycles. The van der Waals surface area contributed by atoms with Gasteiger partial charge in [0.2, 0.25) is 0 Å². The Labute approximate surface area is 66.5 Å². The smallest absolute Gasteiger partial charge is 0.129 e. The SMILES string of the molecule is C.CCC(C)=O.[2HH].[2H]C(=O)CC. The normalized spacial score (nSPS) is 7.70. The largest absolute Gasteiger partial charge is 0.303 e. The van der Waals surface area contributed by atoms with Gasteiger partial charge in [-0.1, -0.05) is 21.3 Å². The van der Waals surface area contributed by atoms with Gasteiger partial charge in [-0.2, -0.15) is 0 Å². The summed E-state index contributed by atoms with van der Waals surface area (Å²) in [6.45, 7) is 5.09. The van der Waals surface area contributed by atoms with Crippen LogP contribution in [0.5, 0.6) is 0 Å². The lowest BCUT2D eigenvalue weighted by molar-refractivity contribution is -0.116. The van der Waals surface area contributed by atoms with E-state index in [1.807, 2.05) is 6.92 Å². The Bertz CT molecular complexity index is 99.6. The van der Waals surface area contributed by atoms with Crippen LogP contribution in [0.1, 0.15) is 43.8 Å². The monoisotopic (exact) mass is 150 g/mol. The quantitative estimate of drug-likeness (QED) is 0.567. The van der Waals surface area contributed by atoms with Crippen LogP contribution in [-0.2, 0) is 9.59 Å². The second kappa shape index (κ2) is 15.8. The minimum atomic E-state index is -0.495. The first kappa shape index (κ1) is 12.1. The molecule has 0 spiro atoms. The van der Waals surface area contributed by atoms with Gasteiger partial charge in [-0.05, 0) is 6.92 Å². The van der Waals surface area contributed by atoms with E-state index in [9.17, 15) is 9.59 Å². The van der Waals surface area contributed by atoms with E-state index in [-0.39, 0.29) is 14.6 Å². The van der Waals surface area contributed by atoms with Crippen molar-refractivity contribution in [2.75, 3.05) is 0 Å². The molecule has 0 aromatic heterocycles. The van der Waals surface area contributed by atoms with Gasteiger partial charge in [-0.3, -0.25) is 0 Å². The van der Waals surface area contributed by atoms with Crippen LogP contribution in [0.4, 0.5) is 0 Å². The number of aldehydes is 1. The zero-order chi connectivity index (χ0) is 8.57. The van der Waals surface area contributed by atoms with Crippen molar-refractivity contribution in [3.8, 4) is 0 Å². The molecule has 0 aromatic rings. The molecule has 2 heteroatoms. The third-order valence-corrected chi connectivity index (χ3v) is 0.642. The van der Waals surface area contributed by atoms with E-state index in [0.29, 0.717) is 12.8 Å². The van der Waals surface area contributed by atoms with E-state index >= 15 is 0 Å². The molecule has 2 nitrogen and oxygen atoms in total. The minimum absolute atomic E-state index is 0. The zero-order valence-corrected chi connectivity index (χ0v) is 6.23. The fraction of sp³-hybridized carbons (Fsp3) is 0.750. The molecule has 0 saturated carbocycles. The summed E-state index contributed by atoms with van der Waals surface area (Å²) in [5, 5.41) is 0. The lowest BCUT2D eigenvalue weighted by Gasteiger charge is -1.71. The van der Waals surface area contributed by atoms with Gasteiger partial charge in [0.25, 0.3) is 0 Å². The average molecular weight is 150 g/mol. The van der Waals surface area contributed by atoms with Crippen LogP contribution in [0, 0.1) is 0 Å². The standard InChI is InChI=1S/C4H8O.C3H6O.CH4.H2/c1-3-4(2)5;1-2-3-4;;/h3H2,1-2H3;3H,2H2,1H3;1H4;1H/i;3D;;1+1. The Hall–Kier alpha value is -0.660. The van der Waals surface area contributed by atoms with Crippen LogP contribution in [0.25, 0.3) is 0 Å². The maximum absolute atomic E-state index is 9.81. The first-order valence-corrected chi connectivity index (χ1v) is 3.03. The summed E-state index contributed by atoms with van der Waals surface area (Å²) in [5.41, 5.74) is 0. The molecule has 0 aromatic carbocycles. The molecule has 0 bridgehead atoms. The maximum atomic E-state index is 9.81. The van der Waals surface area contributed by atoms with Crippen molar-refractivity contribution >= 4 is 12.0 Å². The van der Waals surface area contributed by atoms with Crippen molar-refractivity contribution in [2.24, 2.45) is 0 Å². The number of rotatable bonds is 2. The van der Waals surface area contributed by atoms with Gasteiger partial charge in [0.1, 0.15) is 13.4 Å². The van der Waals surface area contributed by atoms with Crippen LogP contribution in [-0.4, -0.2) is 12.0 Å². The number of ketones is 1. The number of Topliss-reactive ketones (excluding diaryl/α,β-unsaturated/α-hetero) is 1. The summed E-state index contributed by atoms with van der Waals surface area (Å²) in [5.74, 6) is 0.255. The summed E-state index contributed by atoms with van der Waals surface area (Å²) >= 11 is 0. The third kappa shape index (κ3) is 53.9. The molecule has 0 amide bonds. The highest BCUT2D eigenvalue weighted by molar-refractivity contribution is 5.74. The first-order valence-electron chi connectivity index (χ1n) is 3.53. The van der Waals surface area contributed by atoms with Gasteiger partial charge in [0.15, 0.2) is 0 Å². The van der Waals surface area contributed by atoms with Crippen LogP contribution < -0.4 is 0 Å². The maximum Gasteiger partial charge on any atom is 0.129 e. The van der Waals surface area contributed by atoms with Crippen LogP contribution in [0.15, 0.2) is 0 Å².